The molecule has 0 aromatic carbocycles. The molecule has 0 radical (unpaired) electrons. The highest BCUT2D eigenvalue weighted by molar-refractivity contribution is 5.84. The van der Waals surface area contributed by atoms with E-state index in [9.17, 15) is 4.79 Å². The van der Waals surface area contributed by atoms with Gasteiger partial charge in [0.05, 0.1) is 0 Å². The predicted octanol–water partition coefficient (Wildman–Crippen LogP) is 2.59. The van der Waals surface area contributed by atoms with Gasteiger partial charge < -0.3 is 4.42 Å². The van der Waals surface area contributed by atoms with Crippen LogP contribution in [0.1, 0.15) is 29.6 Å². The van der Waals surface area contributed by atoms with Crippen LogP contribution in [-0.2, 0) is 6.42 Å². The van der Waals surface area contributed by atoms with Crippen molar-refractivity contribution in [3.8, 4) is 0 Å². The van der Waals surface area contributed by atoms with Crippen LogP contribution in [-0.4, -0.2) is 11.3 Å². The average Bonchev–Trinajstić information content (AvgIpc) is 2.60. The Balaban J connectivity index is 2.48. The summed E-state index contributed by atoms with van der Waals surface area (Å²) in [5.74, 6) is 0.357. The molecule has 0 saturated heterocycles. The van der Waals surface area contributed by atoms with Gasteiger partial charge in [0.15, 0.2) is 12.0 Å². The van der Waals surface area contributed by atoms with Gasteiger partial charge in [-0.2, -0.15) is 0 Å². The quantitative estimate of drug-likeness (QED) is 0.697. The molecule has 2 aromatic rings. The van der Waals surface area contributed by atoms with Crippen molar-refractivity contribution >= 4 is 17.3 Å². The largest absolute Gasteiger partial charge is 0.453 e. The Labute approximate surface area is 81.7 Å². The fourth-order valence-electron chi connectivity index (χ4n) is 1.45. The lowest BCUT2D eigenvalue weighted by Gasteiger charge is -1.95. The molecule has 0 spiro atoms. The summed E-state index contributed by atoms with van der Waals surface area (Å²) in [6.07, 6.45) is 4.45. The van der Waals surface area contributed by atoms with Gasteiger partial charge in [-0.25, -0.2) is 0 Å². The van der Waals surface area contributed by atoms with Crippen LogP contribution in [0.25, 0.3) is 11.0 Å². The first kappa shape index (κ1) is 8.94. The average molecular weight is 189 g/mol. The van der Waals surface area contributed by atoms with E-state index in [4.69, 9.17) is 4.42 Å². The zero-order valence-electron chi connectivity index (χ0n) is 7.99. The lowest BCUT2D eigenvalue weighted by atomic mass is 10.2. The molecule has 0 saturated carbocycles. The summed E-state index contributed by atoms with van der Waals surface area (Å²) in [4.78, 5) is 14.7. The molecule has 2 aromatic heterocycles. The van der Waals surface area contributed by atoms with Crippen LogP contribution in [0.5, 0.6) is 0 Å². The molecule has 3 heteroatoms. The van der Waals surface area contributed by atoms with Crippen LogP contribution in [0, 0.1) is 0 Å². The highest BCUT2D eigenvalue weighted by Gasteiger charge is 2.03. The number of aldehydes is 1. The summed E-state index contributed by atoms with van der Waals surface area (Å²) >= 11 is 0. The SMILES string of the molecule is CCCc1cc2oc(C=O)cc2cn1. The number of furan rings is 1. The lowest BCUT2D eigenvalue weighted by molar-refractivity contribution is 0.110. The monoisotopic (exact) mass is 189 g/mol. The van der Waals surface area contributed by atoms with E-state index in [0.29, 0.717) is 12.0 Å². The number of aryl methyl sites for hydroxylation is 1. The van der Waals surface area contributed by atoms with Gasteiger partial charge in [0, 0.05) is 23.3 Å². The molecule has 0 unspecified atom stereocenters. The van der Waals surface area contributed by atoms with E-state index < -0.39 is 0 Å². The van der Waals surface area contributed by atoms with Gasteiger partial charge in [0.25, 0.3) is 0 Å². The molecule has 0 aliphatic rings. The van der Waals surface area contributed by atoms with Crippen LogP contribution in [0.3, 0.4) is 0 Å². The minimum atomic E-state index is 0.357. The van der Waals surface area contributed by atoms with Gasteiger partial charge >= 0.3 is 0 Å². The maximum atomic E-state index is 10.5. The van der Waals surface area contributed by atoms with E-state index in [2.05, 4.69) is 11.9 Å². The third kappa shape index (κ3) is 1.53. The molecule has 0 aliphatic carbocycles. The molecule has 3 nitrogen and oxygen atoms in total. The second-order valence-electron chi connectivity index (χ2n) is 3.23. The zero-order valence-corrected chi connectivity index (χ0v) is 7.99. The van der Waals surface area contributed by atoms with E-state index in [0.717, 1.165) is 29.5 Å². The summed E-state index contributed by atoms with van der Waals surface area (Å²) < 4.78 is 5.30. The van der Waals surface area contributed by atoms with E-state index >= 15 is 0 Å². The van der Waals surface area contributed by atoms with E-state index in [-0.39, 0.29) is 0 Å². The fraction of sp³-hybridized carbons (Fsp3) is 0.273. The molecule has 2 heterocycles. The first-order valence-corrected chi connectivity index (χ1v) is 4.67. The Bertz CT molecular complexity index is 459. The highest BCUT2D eigenvalue weighted by Crippen LogP contribution is 2.18. The van der Waals surface area contributed by atoms with Crippen LogP contribution in [0.2, 0.25) is 0 Å². The normalized spacial score (nSPS) is 10.6. The summed E-state index contributed by atoms with van der Waals surface area (Å²) in [5.41, 5.74) is 1.75. The minimum Gasteiger partial charge on any atom is -0.453 e. The summed E-state index contributed by atoms with van der Waals surface area (Å²) in [6.45, 7) is 2.10. The van der Waals surface area contributed by atoms with Gasteiger partial charge in [-0.05, 0) is 12.5 Å². The molecule has 0 bridgehead atoms. The number of hydrogen-bond acceptors (Lipinski definition) is 3. The molecule has 0 amide bonds. The summed E-state index contributed by atoms with van der Waals surface area (Å²) in [7, 11) is 0. The van der Waals surface area contributed by atoms with Crippen molar-refractivity contribution in [3.63, 3.8) is 0 Å². The number of carbonyl (C=O) groups excluding carboxylic acids is 1. The fourth-order valence-corrected chi connectivity index (χ4v) is 1.45. The van der Waals surface area contributed by atoms with Gasteiger partial charge in [-0.3, -0.25) is 9.78 Å². The number of rotatable bonds is 3. The van der Waals surface area contributed by atoms with E-state index in [1.54, 1.807) is 12.3 Å². The Hall–Kier alpha value is -1.64. The number of nitrogens with zero attached hydrogens (tertiary/aromatic N) is 1. The van der Waals surface area contributed by atoms with Gasteiger partial charge in [0.2, 0.25) is 0 Å². The Morgan fingerprint density at radius 1 is 1.50 bits per heavy atom. The minimum absolute atomic E-state index is 0.357. The number of carbonyl (C=O) groups is 1. The van der Waals surface area contributed by atoms with Crippen molar-refractivity contribution in [2.75, 3.05) is 0 Å². The third-order valence-electron chi connectivity index (χ3n) is 2.10. The van der Waals surface area contributed by atoms with E-state index in [1.165, 1.54) is 0 Å². The van der Waals surface area contributed by atoms with Gasteiger partial charge in [0.1, 0.15) is 5.58 Å². The predicted molar refractivity (Wildman–Crippen MR) is 53.4 cm³/mol. The molecular weight excluding hydrogens is 178 g/mol. The molecule has 0 atom stereocenters. The maximum Gasteiger partial charge on any atom is 0.185 e. The Morgan fingerprint density at radius 3 is 3.07 bits per heavy atom. The standard InChI is InChI=1S/C11H11NO2/c1-2-3-9-5-11-8(6-12-9)4-10(7-13)14-11/h4-7H,2-3H2,1H3. The zero-order chi connectivity index (χ0) is 9.97. The van der Waals surface area contributed by atoms with Crippen molar-refractivity contribution in [2.24, 2.45) is 0 Å². The van der Waals surface area contributed by atoms with Crippen LogP contribution in [0.4, 0.5) is 0 Å². The first-order chi connectivity index (χ1) is 6.83. The Kier molecular flexibility index (Phi) is 2.31. The van der Waals surface area contributed by atoms with Gasteiger partial charge in [-0.1, -0.05) is 13.3 Å². The molecule has 0 N–H and O–H groups in total. The topological polar surface area (TPSA) is 43.1 Å². The van der Waals surface area contributed by atoms with Crippen molar-refractivity contribution < 1.29 is 9.21 Å². The second kappa shape index (κ2) is 3.62. The van der Waals surface area contributed by atoms with Crippen LogP contribution in [0.15, 0.2) is 22.7 Å². The van der Waals surface area contributed by atoms with Crippen molar-refractivity contribution in [2.45, 2.75) is 19.8 Å². The molecule has 2 rings (SSSR count). The lowest BCUT2D eigenvalue weighted by Crippen LogP contribution is -1.86. The second-order valence-corrected chi connectivity index (χ2v) is 3.23. The van der Waals surface area contributed by atoms with Crippen molar-refractivity contribution in [1.29, 1.82) is 0 Å². The van der Waals surface area contributed by atoms with Crippen LogP contribution >= 0.6 is 0 Å². The van der Waals surface area contributed by atoms with Crippen LogP contribution < -0.4 is 0 Å². The van der Waals surface area contributed by atoms with E-state index in [1.807, 2.05) is 6.07 Å². The first-order valence-electron chi connectivity index (χ1n) is 4.67. The smallest absolute Gasteiger partial charge is 0.185 e. The molecule has 14 heavy (non-hydrogen) atoms. The Morgan fingerprint density at radius 2 is 2.36 bits per heavy atom. The highest BCUT2D eigenvalue weighted by atomic mass is 16.3. The number of aromatic nitrogens is 1. The number of hydrogen-bond donors (Lipinski definition) is 0. The summed E-state index contributed by atoms with van der Waals surface area (Å²) in [5, 5.41) is 0.881. The molecular formula is C11H11NO2. The molecule has 0 fully saturated rings. The number of fused-ring (bicyclic) bond motifs is 1. The van der Waals surface area contributed by atoms with Gasteiger partial charge in [-0.15, -0.1) is 0 Å². The van der Waals surface area contributed by atoms with Crippen molar-refractivity contribution in [3.05, 3.63) is 29.8 Å². The van der Waals surface area contributed by atoms with Crippen molar-refractivity contribution in [1.82, 2.24) is 4.98 Å². The number of pyridine rings is 1. The third-order valence-corrected chi connectivity index (χ3v) is 2.10. The maximum absolute atomic E-state index is 10.5. The summed E-state index contributed by atoms with van der Waals surface area (Å²) in [6, 6.07) is 3.59. The molecule has 72 valence electrons. The molecule has 0 aliphatic heterocycles.